The van der Waals surface area contributed by atoms with E-state index in [9.17, 15) is 4.79 Å². The molecule has 2 aliphatic rings. The van der Waals surface area contributed by atoms with Crippen LogP contribution in [0.5, 0.6) is 0 Å². The van der Waals surface area contributed by atoms with E-state index in [4.69, 9.17) is 19.6 Å². The number of carbonyl (C=O) groups excluding carboxylic acids is 1. The van der Waals surface area contributed by atoms with Gasteiger partial charge in [-0.1, -0.05) is 19.6 Å². The third-order valence-corrected chi connectivity index (χ3v) is 8.76. The summed E-state index contributed by atoms with van der Waals surface area (Å²) in [6.45, 7) is 9.67. The highest BCUT2D eigenvalue weighted by atomic mass is 32.1. The maximum atomic E-state index is 13.2. The van der Waals surface area contributed by atoms with E-state index in [0.29, 0.717) is 24.6 Å². The molecular weight excluding hydrogens is 414 g/mol. The lowest BCUT2D eigenvalue weighted by Gasteiger charge is -2.21. The number of carbonyl (C=O) groups is 1. The largest absolute Gasteiger partial charge is 0.381 e. The van der Waals surface area contributed by atoms with Gasteiger partial charge in [0.1, 0.15) is 17.4 Å². The highest BCUT2D eigenvalue weighted by molar-refractivity contribution is 7.15. The molecule has 1 aliphatic heterocycles. The molecule has 4 rings (SSSR count). The molecule has 8 heteroatoms. The fourth-order valence-corrected chi connectivity index (χ4v) is 5.91. The van der Waals surface area contributed by atoms with Crippen molar-refractivity contribution >= 4 is 25.2 Å². The number of ether oxygens (including phenoxy) is 2. The van der Waals surface area contributed by atoms with Crippen molar-refractivity contribution in [2.24, 2.45) is 5.92 Å². The molecule has 0 saturated carbocycles. The normalized spacial score (nSPS) is 17.4. The quantitative estimate of drug-likeness (QED) is 0.314. The first-order chi connectivity index (χ1) is 14.4. The number of aryl methyl sites for hydroxylation is 2. The van der Waals surface area contributed by atoms with E-state index in [1.165, 1.54) is 17.0 Å². The molecule has 6 nitrogen and oxygen atoms in total. The first-order valence-electron chi connectivity index (χ1n) is 11.1. The van der Waals surface area contributed by atoms with Crippen LogP contribution in [-0.2, 0) is 29.0 Å². The zero-order chi connectivity index (χ0) is 21.1. The summed E-state index contributed by atoms with van der Waals surface area (Å²) in [4.78, 5) is 19.4. The predicted molar refractivity (Wildman–Crippen MR) is 122 cm³/mol. The van der Waals surface area contributed by atoms with E-state index in [2.05, 4.69) is 19.6 Å². The SMILES string of the molecule is C[Si](C)(C)CCOCn1cc(C(=O)CC2CCOCC2)c(-c2nc3c(s2)CCC3)n1. The Morgan fingerprint density at radius 3 is 2.83 bits per heavy atom. The molecule has 2 aromatic rings. The highest BCUT2D eigenvalue weighted by Crippen LogP contribution is 2.35. The third kappa shape index (κ3) is 5.46. The number of thiazole rings is 1. The Bertz CT molecular complexity index is 859. The lowest BCUT2D eigenvalue weighted by Crippen LogP contribution is -2.22. The van der Waals surface area contributed by atoms with Crippen LogP contribution in [0.2, 0.25) is 25.7 Å². The Labute approximate surface area is 184 Å². The number of ketones is 1. The molecule has 1 aliphatic carbocycles. The van der Waals surface area contributed by atoms with Gasteiger partial charge in [-0.25, -0.2) is 9.67 Å². The Morgan fingerprint density at radius 2 is 2.10 bits per heavy atom. The molecule has 0 amide bonds. The summed E-state index contributed by atoms with van der Waals surface area (Å²) >= 11 is 1.70. The van der Waals surface area contributed by atoms with Crippen LogP contribution in [0.3, 0.4) is 0 Å². The van der Waals surface area contributed by atoms with Crippen molar-refractivity contribution in [3.05, 3.63) is 22.3 Å². The van der Waals surface area contributed by atoms with E-state index in [-0.39, 0.29) is 5.78 Å². The summed E-state index contributed by atoms with van der Waals surface area (Å²) in [5.74, 6) is 0.567. The van der Waals surface area contributed by atoms with Crippen molar-refractivity contribution in [1.29, 1.82) is 0 Å². The van der Waals surface area contributed by atoms with Gasteiger partial charge in [0.15, 0.2) is 5.78 Å². The van der Waals surface area contributed by atoms with Crippen LogP contribution in [0.4, 0.5) is 0 Å². The Morgan fingerprint density at radius 1 is 1.30 bits per heavy atom. The number of Topliss-reactive ketones (excluding diaryl/α,β-unsaturated/α-hetero) is 1. The summed E-state index contributed by atoms with van der Waals surface area (Å²) in [5, 5.41) is 5.63. The zero-order valence-corrected chi connectivity index (χ0v) is 20.2. The topological polar surface area (TPSA) is 66.2 Å². The van der Waals surface area contributed by atoms with Gasteiger partial charge in [-0.05, 0) is 44.1 Å². The predicted octanol–water partition coefficient (Wildman–Crippen LogP) is 4.81. The van der Waals surface area contributed by atoms with Gasteiger partial charge in [-0.3, -0.25) is 4.79 Å². The number of hydrogen-bond donors (Lipinski definition) is 0. The molecule has 0 N–H and O–H groups in total. The Kier molecular flexibility index (Phi) is 6.87. The minimum Gasteiger partial charge on any atom is -0.381 e. The molecule has 1 fully saturated rings. The van der Waals surface area contributed by atoms with Crippen molar-refractivity contribution in [1.82, 2.24) is 14.8 Å². The molecule has 1 saturated heterocycles. The van der Waals surface area contributed by atoms with Gasteiger partial charge in [-0.15, -0.1) is 11.3 Å². The Hall–Kier alpha value is -1.35. The zero-order valence-electron chi connectivity index (χ0n) is 18.4. The van der Waals surface area contributed by atoms with Crippen LogP contribution in [0.1, 0.15) is 46.6 Å². The van der Waals surface area contributed by atoms with Gasteiger partial charge in [0, 0.05) is 45.4 Å². The molecule has 0 bridgehead atoms. The second-order valence-corrected chi connectivity index (χ2v) is 16.4. The number of hydrogen-bond acceptors (Lipinski definition) is 6. The second kappa shape index (κ2) is 9.42. The highest BCUT2D eigenvalue weighted by Gasteiger charge is 2.26. The molecule has 164 valence electrons. The molecule has 3 heterocycles. The van der Waals surface area contributed by atoms with Gasteiger partial charge in [0.05, 0.1) is 11.3 Å². The minimum absolute atomic E-state index is 0.167. The first-order valence-corrected chi connectivity index (χ1v) is 15.7. The van der Waals surface area contributed by atoms with Crippen molar-refractivity contribution in [2.45, 2.75) is 70.9 Å². The number of fused-ring (bicyclic) bond motifs is 1. The van der Waals surface area contributed by atoms with Gasteiger partial charge >= 0.3 is 0 Å². The summed E-state index contributed by atoms with van der Waals surface area (Å²) in [6.07, 6.45) is 7.67. The summed E-state index contributed by atoms with van der Waals surface area (Å²) < 4.78 is 13.1. The maximum Gasteiger partial charge on any atom is 0.167 e. The van der Waals surface area contributed by atoms with Crippen molar-refractivity contribution < 1.29 is 14.3 Å². The van der Waals surface area contributed by atoms with E-state index < -0.39 is 8.07 Å². The molecule has 30 heavy (non-hydrogen) atoms. The number of rotatable bonds is 9. The molecule has 0 unspecified atom stereocenters. The standard InChI is InChI=1S/C22H33N3O3SSi/c1-30(2,3)12-11-28-15-25-14-17(19(26)13-16-7-9-27-10-8-16)21(24-25)22-23-18-5-4-6-20(18)29-22/h14,16H,4-13,15H2,1-3H3. The lowest BCUT2D eigenvalue weighted by molar-refractivity contribution is 0.0601. The third-order valence-electron chi connectivity index (χ3n) is 5.90. The number of aromatic nitrogens is 3. The maximum absolute atomic E-state index is 13.2. The van der Waals surface area contributed by atoms with E-state index in [1.807, 2.05) is 6.20 Å². The fraction of sp³-hybridized carbons (Fsp3) is 0.682. The van der Waals surface area contributed by atoms with Crippen molar-refractivity contribution in [3.63, 3.8) is 0 Å². The van der Waals surface area contributed by atoms with Gasteiger partial charge in [0.2, 0.25) is 0 Å². The lowest BCUT2D eigenvalue weighted by atomic mass is 9.92. The summed E-state index contributed by atoms with van der Waals surface area (Å²) in [5.41, 5.74) is 2.63. The van der Waals surface area contributed by atoms with Crippen LogP contribution in [0.25, 0.3) is 10.7 Å². The van der Waals surface area contributed by atoms with Crippen LogP contribution >= 0.6 is 11.3 Å². The summed E-state index contributed by atoms with van der Waals surface area (Å²) in [6, 6.07) is 1.12. The average molecular weight is 448 g/mol. The Balaban J connectivity index is 1.51. The van der Waals surface area contributed by atoms with Crippen LogP contribution in [0, 0.1) is 5.92 Å². The van der Waals surface area contributed by atoms with Gasteiger partial charge < -0.3 is 9.47 Å². The minimum atomic E-state index is -1.13. The van der Waals surface area contributed by atoms with Gasteiger partial charge in [-0.2, -0.15) is 5.10 Å². The van der Waals surface area contributed by atoms with E-state index >= 15 is 0 Å². The fourth-order valence-electron chi connectivity index (χ4n) is 4.00. The average Bonchev–Trinajstić information content (AvgIpc) is 3.39. The first kappa shape index (κ1) is 21.9. The molecular formula is C22H33N3O3SSi. The molecule has 0 atom stereocenters. The van der Waals surface area contributed by atoms with Crippen LogP contribution in [-0.4, -0.2) is 48.4 Å². The molecule has 0 aromatic carbocycles. The van der Waals surface area contributed by atoms with Crippen LogP contribution in [0.15, 0.2) is 6.20 Å². The van der Waals surface area contributed by atoms with Crippen molar-refractivity contribution in [3.8, 4) is 10.7 Å². The second-order valence-electron chi connectivity index (χ2n) is 9.70. The van der Waals surface area contributed by atoms with E-state index in [1.54, 1.807) is 16.0 Å². The molecule has 2 aromatic heterocycles. The summed E-state index contributed by atoms with van der Waals surface area (Å²) in [7, 11) is -1.13. The van der Waals surface area contributed by atoms with Crippen LogP contribution < -0.4 is 0 Å². The van der Waals surface area contributed by atoms with Gasteiger partial charge in [0.25, 0.3) is 0 Å². The number of nitrogens with zero attached hydrogens (tertiary/aromatic N) is 3. The monoisotopic (exact) mass is 447 g/mol. The smallest absolute Gasteiger partial charge is 0.167 e. The molecule has 0 spiro atoms. The van der Waals surface area contributed by atoms with Crippen molar-refractivity contribution in [2.75, 3.05) is 19.8 Å². The van der Waals surface area contributed by atoms with E-state index in [0.717, 1.165) is 62.2 Å². The molecule has 0 radical (unpaired) electrons.